The van der Waals surface area contributed by atoms with E-state index in [-0.39, 0.29) is 29.8 Å². The molecule has 6 heteroatoms. The Labute approximate surface area is 181 Å². The predicted octanol–water partition coefficient (Wildman–Crippen LogP) is 4.19. The van der Waals surface area contributed by atoms with E-state index in [2.05, 4.69) is 5.32 Å². The molecule has 2 bridgehead atoms. The Morgan fingerprint density at radius 1 is 1.13 bits per heavy atom. The maximum Gasteiger partial charge on any atom is 0.248 e. The monoisotopic (exact) mass is 422 g/mol. The van der Waals surface area contributed by atoms with Crippen LogP contribution < -0.4 is 5.32 Å². The molecule has 1 aliphatic carbocycles. The highest BCUT2D eigenvalue weighted by atomic mass is 19.1. The number of imide groups is 1. The average Bonchev–Trinajstić information content (AvgIpc) is 2.91. The largest absolute Gasteiger partial charge is 0.324 e. The highest BCUT2D eigenvalue weighted by molar-refractivity contribution is 6.09. The lowest BCUT2D eigenvalue weighted by Crippen LogP contribution is -2.64. The van der Waals surface area contributed by atoms with Crippen molar-refractivity contribution in [1.82, 2.24) is 4.90 Å². The van der Waals surface area contributed by atoms with Gasteiger partial charge in [0.15, 0.2) is 0 Å². The molecular weight excluding hydrogens is 395 g/mol. The number of fused-ring (bicyclic) bond motifs is 2. The summed E-state index contributed by atoms with van der Waals surface area (Å²) in [6, 6.07) is 13.9. The van der Waals surface area contributed by atoms with Gasteiger partial charge in [-0.25, -0.2) is 4.39 Å². The molecule has 162 valence electrons. The van der Waals surface area contributed by atoms with Crippen LogP contribution in [0.2, 0.25) is 0 Å². The first kappa shape index (κ1) is 21.2. The minimum atomic E-state index is -1.01. The number of nitrogens with one attached hydrogen (secondary N) is 1. The third-order valence-corrected chi connectivity index (χ3v) is 7.43. The van der Waals surface area contributed by atoms with Crippen molar-refractivity contribution in [3.63, 3.8) is 0 Å². The first-order valence-electron chi connectivity index (χ1n) is 10.6. The fourth-order valence-corrected chi connectivity index (χ4v) is 5.07. The van der Waals surface area contributed by atoms with Crippen LogP contribution in [-0.2, 0) is 20.8 Å². The molecule has 1 heterocycles. The summed E-state index contributed by atoms with van der Waals surface area (Å²) in [5.74, 6) is -1.88. The van der Waals surface area contributed by atoms with Gasteiger partial charge in [-0.3, -0.25) is 19.3 Å². The Morgan fingerprint density at radius 3 is 2.52 bits per heavy atom. The van der Waals surface area contributed by atoms with Gasteiger partial charge >= 0.3 is 0 Å². The van der Waals surface area contributed by atoms with Crippen molar-refractivity contribution in [1.29, 1.82) is 0 Å². The third-order valence-electron chi connectivity index (χ3n) is 7.43. The van der Waals surface area contributed by atoms with Crippen LogP contribution in [0.4, 0.5) is 10.1 Å². The molecule has 2 aromatic carbocycles. The number of benzene rings is 2. The van der Waals surface area contributed by atoms with E-state index in [1.165, 1.54) is 23.1 Å². The summed E-state index contributed by atoms with van der Waals surface area (Å²) in [5.41, 5.74) is -0.0486. The number of carbonyl (C=O) groups is 3. The van der Waals surface area contributed by atoms with Crippen LogP contribution in [0.3, 0.4) is 0 Å². The molecule has 2 aromatic rings. The number of anilines is 1. The lowest BCUT2D eigenvalue weighted by molar-refractivity contribution is -0.172. The van der Waals surface area contributed by atoms with Crippen LogP contribution in [0.1, 0.15) is 39.2 Å². The fraction of sp³-hybridized carbons (Fsp3) is 0.400. The standard InChI is InChI=1S/C25H27FN2O3/c1-24(2)19-12-13-25(24,3)23(31)28(22(19)30)20(14-16-8-5-4-6-9-16)21(29)27-18-11-7-10-17(26)15-18/h4-11,15,19-20H,12-14H2,1-3H3,(H,27,29). The number of rotatable bonds is 5. The van der Waals surface area contributed by atoms with Crippen LogP contribution in [0.5, 0.6) is 0 Å². The molecule has 3 amide bonds. The van der Waals surface area contributed by atoms with Crippen LogP contribution in [0.25, 0.3) is 0 Å². The Bertz CT molecular complexity index is 1040. The minimum Gasteiger partial charge on any atom is -0.324 e. The van der Waals surface area contributed by atoms with Gasteiger partial charge in [-0.1, -0.05) is 57.2 Å². The number of likely N-dealkylation sites (tertiary alicyclic amines) is 1. The Hall–Kier alpha value is -3.02. The maximum absolute atomic E-state index is 13.6. The van der Waals surface area contributed by atoms with Gasteiger partial charge in [-0.05, 0) is 42.0 Å². The van der Waals surface area contributed by atoms with Crippen LogP contribution in [-0.4, -0.2) is 28.7 Å². The number of halogens is 1. The van der Waals surface area contributed by atoms with Crippen molar-refractivity contribution in [3.8, 4) is 0 Å². The Balaban J connectivity index is 1.71. The van der Waals surface area contributed by atoms with Crippen molar-refractivity contribution in [2.24, 2.45) is 16.7 Å². The van der Waals surface area contributed by atoms with E-state index in [9.17, 15) is 18.8 Å². The molecule has 0 spiro atoms. The molecular formula is C25H27FN2O3. The summed E-state index contributed by atoms with van der Waals surface area (Å²) in [4.78, 5) is 41.6. The zero-order chi connectivity index (χ0) is 22.4. The van der Waals surface area contributed by atoms with Gasteiger partial charge in [-0.15, -0.1) is 0 Å². The molecule has 5 nitrogen and oxygen atoms in total. The molecule has 1 saturated carbocycles. The highest BCUT2D eigenvalue weighted by Crippen LogP contribution is 2.60. The first-order chi connectivity index (χ1) is 14.6. The molecule has 0 aromatic heterocycles. The molecule has 3 atom stereocenters. The van der Waals surface area contributed by atoms with Gasteiger partial charge in [-0.2, -0.15) is 0 Å². The lowest BCUT2D eigenvalue weighted by atomic mass is 9.62. The van der Waals surface area contributed by atoms with Gasteiger partial charge in [0.05, 0.1) is 5.41 Å². The van der Waals surface area contributed by atoms with Gasteiger partial charge < -0.3 is 5.32 Å². The number of nitrogens with zero attached hydrogens (tertiary/aromatic N) is 1. The summed E-state index contributed by atoms with van der Waals surface area (Å²) in [6.07, 6.45) is 1.45. The van der Waals surface area contributed by atoms with Crippen LogP contribution in [0.15, 0.2) is 54.6 Å². The molecule has 2 fully saturated rings. The summed E-state index contributed by atoms with van der Waals surface area (Å²) in [5, 5.41) is 2.70. The highest BCUT2D eigenvalue weighted by Gasteiger charge is 2.65. The van der Waals surface area contributed by atoms with Gasteiger partial charge in [0.25, 0.3) is 0 Å². The molecule has 1 saturated heterocycles. The van der Waals surface area contributed by atoms with E-state index in [1.54, 1.807) is 6.07 Å². The normalized spacial score (nSPS) is 25.4. The Kier molecular flexibility index (Phi) is 5.20. The van der Waals surface area contributed by atoms with Crippen molar-refractivity contribution < 1.29 is 18.8 Å². The van der Waals surface area contributed by atoms with E-state index >= 15 is 0 Å². The molecule has 4 rings (SSSR count). The third kappa shape index (κ3) is 3.44. The number of hydrogen-bond acceptors (Lipinski definition) is 3. The van der Waals surface area contributed by atoms with E-state index < -0.39 is 28.6 Å². The van der Waals surface area contributed by atoms with Crippen LogP contribution in [0, 0.1) is 22.6 Å². The second-order valence-corrected chi connectivity index (χ2v) is 9.36. The number of carbonyl (C=O) groups excluding carboxylic acids is 3. The summed E-state index contributed by atoms with van der Waals surface area (Å²) in [7, 11) is 0. The molecule has 3 unspecified atom stereocenters. The SMILES string of the molecule is CC12CCC(C(=O)N(C(Cc3ccccc3)C(=O)Nc3cccc(F)c3)C1=O)C2(C)C. The van der Waals surface area contributed by atoms with Crippen LogP contribution >= 0.6 is 0 Å². The maximum atomic E-state index is 13.6. The van der Waals surface area contributed by atoms with Crippen molar-refractivity contribution >= 4 is 23.4 Å². The predicted molar refractivity (Wildman–Crippen MR) is 115 cm³/mol. The summed E-state index contributed by atoms with van der Waals surface area (Å²) in [6.45, 7) is 5.84. The average molecular weight is 423 g/mol. The first-order valence-corrected chi connectivity index (χ1v) is 10.6. The summed E-state index contributed by atoms with van der Waals surface area (Å²) < 4.78 is 13.6. The molecule has 1 aliphatic heterocycles. The smallest absolute Gasteiger partial charge is 0.248 e. The molecule has 0 radical (unpaired) electrons. The topological polar surface area (TPSA) is 66.5 Å². The number of piperidine rings is 1. The van der Waals surface area contributed by atoms with Gasteiger partial charge in [0, 0.05) is 18.0 Å². The molecule has 1 N–H and O–H groups in total. The summed E-state index contributed by atoms with van der Waals surface area (Å²) >= 11 is 0. The number of hydrogen-bond donors (Lipinski definition) is 1. The van der Waals surface area contributed by atoms with Crippen molar-refractivity contribution in [2.45, 2.75) is 46.1 Å². The van der Waals surface area contributed by atoms with E-state index in [0.717, 1.165) is 5.56 Å². The van der Waals surface area contributed by atoms with E-state index in [4.69, 9.17) is 0 Å². The van der Waals surface area contributed by atoms with E-state index in [1.807, 2.05) is 51.1 Å². The zero-order valence-corrected chi connectivity index (χ0v) is 18.0. The zero-order valence-electron chi connectivity index (χ0n) is 18.0. The Morgan fingerprint density at radius 2 is 1.84 bits per heavy atom. The van der Waals surface area contributed by atoms with Crippen molar-refractivity contribution in [2.75, 3.05) is 5.32 Å². The number of amides is 3. The minimum absolute atomic E-state index is 0.197. The second-order valence-electron chi connectivity index (χ2n) is 9.36. The second kappa shape index (κ2) is 7.59. The molecule has 31 heavy (non-hydrogen) atoms. The van der Waals surface area contributed by atoms with E-state index in [0.29, 0.717) is 12.8 Å². The van der Waals surface area contributed by atoms with Crippen molar-refractivity contribution in [3.05, 3.63) is 66.0 Å². The lowest BCUT2D eigenvalue weighted by Gasteiger charge is -2.49. The van der Waals surface area contributed by atoms with Gasteiger partial charge in [0.1, 0.15) is 11.9 Å². The fourth-order valence-electron chi connectivity index (χ4n) is 5.07. The molecule has 2 aliphatic rings. The van der Waals surface area contributed by atoms with Gasteiger partial charge in [0.2, 0.25) is 17.7 Å². The quantitative estimate of drug-likeness (QED) is 0.735.